The second-order valence-corrected chi connectivity index (χ2v) is 9.26. The van der Waals surface area contributed by atoms with Crippen LogP contribution in [0.15, 0.2) is 65.2 Å². The van der Waals surface area contributed by atoms with E-state index in [9.17, 15) is 9.59 Å². The molecule has 2 N–H and O–H groups in total. The predicted molar refractivity (Wildman–Crippen MR) is 140 cm³/mol. The number of carbonyl (C=O) groups excluding carboxylic acids is 1. The molecule has 36 heavy (non-hydrogen) atoms. The van der Waals surface area contributed by atoms with E-state index in [0.717, 1.165) is 11.3 Å². The molecule has 8 heteroatoms. The zero-order valence-electron chi connectivity index (χ0n) is 20.9. The molecule has 0 saturated carbocycles. The smallest absolute Gasteiger partial charge is 0.304 e. The van der Waals surface area contributed by atoms with Gasteiger partial charge in [-0.2, -0.15) is 4.98 Å². The van der Waals surface area contributed by atoms with Crippen LogP contribution in [0.4, 0.5) is 17.4 Å². The van der Waals surface area contributed by atoms with E-state index in [0.29, 0.717) is 34.4 Å². The number of carbonyl (C=O) groups is 2. The summed E-state index contributed by atoms with van der Waals surface area (Å²) in [5, 5.41) is 12.2. The van der Waals surface area contributed by atoms with Crippen molar-refractivity contribution in [2.75, 3.05) is 17.3 Å². The molecule has 0 aliphatic heterocycles. The van der Waals surface area contributed by atoms with E-state index in [2.05, 4.69) is 35.2 Å². The van der Waals surface area contributed by atoms with Crippen molar-refractivity contribution in [3.63, 3.8) is 0 Å². The molecule has 0 spiro atoms. The van der Waals surface area contributed by atoms with Gasteiger partial charge in [0.15, 0.2) is 5.58 Å². The van der Waals surface area contributed by atoms with Crippen molar-refractivity contribution < 1.29 is 19.1 Å². The van der Waals surface area contributed by atoms with Crippen LogP contribution in [-0.2, 0) is 16.0 Å². The van der Waals surface area contributed by atoms with Gasteiger partial charge in [0.1, 0.15) is 5.52 Å². The first-order chi connectivity index (χ1) is 17.2. The number of nitrogens with zero attached hydrogens (tertiary/aromatic N) is 3. The Morgan fingerprint density at radius 2 is 1.86 bits per heavy atom. The summed E-state index contributed by atoms with van der Waals surface area (Å²) in [7, 11) is 1.70. The standard InChI is InChI=1S/C28H30N4O4/c1-17(2)21-7-5-6-8-23(21)30-28-31-24-11-9-19(14-25(24)36-28)15-26(33)32(4)20-10-12-22(29-16-20)18(3)13-27(34)35/h5-12,14,16-18H,13,15H2,1-4H3,(H,30,31)(H,34,35). The van der Waals surface area contributed by atoms with Gasteiger partial charge in [0.2, 0.25) is 5.91 Å². The van der Waals surface area contributed by atoms with Gasteiger partial charge in [-0.05, 0) is 47.4 Å². The summed E-state index contributed by atoms with van der Waals surface area (Å²) in [6.45, 7) is 6.09. The second-order valence-electron chi connectivity index (χ2n) is 9.26. The van der Waals surface area contributed by atoms with Gasteiger partial charge in [0.05, 0.1) is 24.7 Å². The first-order valence-electron chi connectivity index (χ1n) is 11.9. The Kier molecular flexibility index (Phi) is 7.33. The van der Waals surface area contributed by atoms with Crippen LogP contribution in [-0.4, -0.2) is 34.0 Å². The maximum absolute atomic E-state index is 12.9. The van der Waals surface area contributed by atoms with E-state index >= 15 is 0 Å². The molecule has 0 fully saturated rings. The fourth-order valence-electron chi connectivity index (χ4n) is 4.05. The number of aromatic nitrogens is 2. The quantitative estimate of drug-likeness (QED) is 0.304. The van der Waals surface area contributed by atoms with E-state index in [4.69, 9.17) is 9.52 Å². The zero-order valence-corrected chi connectivity index (χ0v) is 20.9. The third-order valence-corrected chi connectivity index (χ3v) is 6.15. The zero-order chi connectivity index (χ0) is 25.8. The van der Waals surface area contributed by atoms with Gasteiger partial charge >= 0.3 is 5.97 Å². The first kappa shape index (κ1) is 24.9. The number of hydrogen-bond donors (Lipinski definition) is 2. The molecule has 0 radical (unpaired) electrons. The monoisotopic (exact) mass is 486 g/mol. The highest BCUT2D eigenvalue weighted by Crippen LogP contribution is 2.29. The summed E-state index contributed by atoms with van der Waals surface area (Å²) in [6, 6.07) is 17.6. The predicted octanol–water partition coefficient (Wildman–Crippen LogP) is 5.87. The van der Waals surface area contributed by atoms with Crippen molar-refractivity contribution in [3.8, 4) is 0 Å². The summed E-state index contributed by atoms with van der Waals surface area (Å²) in [5.74, 6) is -0.824. The number of anilines is 3. The number of fused-ring (bicyclic) bond motifs is 1. The molecule has 0 bridgehead atoms. The molecule has 186 valence electrons. The maximum Gasteiger partial charge on any atom is 0.304 e. The molecule has 1 amide bonds. The number of rotatable bonds is 9. The number of hydrogen-bond acceptors (Lipinski definition) is 6. The van der Waals surface area contributed by atoms with Crippen LogP contribution in [0.2, 0.25) is 0 Å². The lowest BCUT2D eigenvalue weighted by Gasteiger charge is -2.18. The molecule has 2 heterocycles. The SMILES string of the molecule is CC(C)c1ccccc1Nc1nc2ccc(CC(=O)N(C)c3ccc(C(C)CC(=O)O)nc3)cc2o1. The Labute approximate surface area is 210 Å². The fraction of sp³-hybridized carbons (Fsp3) is 0.286. The van der Waals surface area contributed by atoms with Gasteiger partial charge in [-0.3, -0.25) is 14.6 Å². The minimum absolute atomic E-state index is 0.00665. The Hall–Kier alpha value is -4.20. The molecule has 0 aliphatic carbocycles. The number of amides is 1. The number of oxazole rings is 1. The van der Waals surface area contributed by atoms with E-state index in [1.807, 2.05) is 43.3 Å². The fourth-order valence-corrected chi connectivity index (χ4v) is 4.05. The number of carboxylic acid groups (broad SMARTS) is 1. The Balaban J connectivity index is 1.45. The van der Waals surface area contributed by atoms with Crippen LogP contribution in [0.1, 0.15) is 55.8 Å². The molecule has 0 aliphatic rings. The maximum atomic E-state index is 12.9. The molecular formula is C28H30N4O4. The highest BCUT2D eigenvalue weighted by atomic mass is 16.4. The van der Waals surface area contributed by atoms with Crippen molar-refractivity contribution in [2.45, 2.75) is 45.4 Å². The average Bonchev–Trinajstić information content (AvgIpc) is 3.25. The number of para-hydroxylation sites is 1. The number of benzene rings is 2. The molecule has 4 aromatic rings. The molecule has 1 unspecified atom stereocenters. The van der Waals surface area contributed by atoms with Crippen molar-refractivity contribution >= 4 is 40.4 Å². The van der Waals surface area contributed by atoms with E-state index in [1.165, 1.54) is 5.56 Å². The van der Waals surface area contributed by atoms with Gasteiger partial charge in [-0.25, -0.2) is 0 Å². The molecule has 2 aromatic carbocycles. The van der Waals surface area contributed by atoms with Crippen molar-refractivity contribution in [1.82, 2.24) is 9.97 Å². The second kappa shape index (κ2) is 10.6. The average molecular weight is 487 g/mol. The lowest BCUT2D eigenvalue weighted by atomic mass is 10.0. The third kappa shape index (κ3) is 5.71. The van der Waals surface area contributed by atoms with Gasteiger partial charge in [0, 0.05) is 24.3 Å². The van der Waals surface area contributed by atoms with Gasteiger partial charge < -0.3 is 19.7 Å². The van der Waals surface area contributed by atoms with Gasteiger partial charge in [-0.1, -0.05) is 45.0 Å². The van der Waals surface area contributed by atoms with Crippen molar-refractivity contribution in [2.24, 2.45) is 0 Å². The van der Waals surface area contributed by atoms with Crippen molar-refractivity contribution in [3.05, 3.63) is 77.6 Å². The lowest BCUT2D eigenvalue weighted by molar-refractivity contribution is -0.137. The van der Waals surface area contributed by atoms with E-state index in [-0.39, 0.29) is 24.7 Å². The normalized spacial score (nSPS) is 12.0. The number of nitrogens with one attached hydrogen (secondary N) is 1. The molecule has 0 saturated heterocycles. The molecule has 2 aromatic heterocycles. The summed E-state index contributed by atoms with van der Waals surface area (Å²) in [5.41, 5.74) is 5.57. The first-order valence-corrected chi connectivity index (χ1v) is 11.9. The molecule has 1 atom stereocenters. The number of pyridine rings is 1. The van der Waals surface area contributed by atoms with E-state index in [1.54, 1.807) is 30.3 Å². The number of aliphatic carboxylic acids is 1. The van der Waals surface area contributed by atoms with Crippen LogP contribution in [0, 0.1) is 0 Å². The summed E-state index contributed by atoms with van der Waals surface area (Å²) < 4.78 is 5.94. The summed E-state index contributed by atoms with van der Waals surface area (Å²) >= 11 is 0. The van der Waals surface area contributed by atoms with Crippen LogP contribution in [0.25, 0.3) is 11.1 Å². The van der Waals surface area contributed by atoms with Crippen LogP contribution < -0.4 is 10.2 Å². The lowest BCUT2D eigenvalue weighted by Crippen LogP contribution is -2.28. The molecule has 4 rings (SSSR count). The Bertz CT molecular complexity index is 1380. The Morgan fingerprint density at radius 1 is 1.08 bits per heavy atom. The van der Waals surface area contributed by atoms with Gasteiger partial charge in [0.25, 0.3) is 6.01 Å². The minimum atomic E-state index is -0.868. The van der Waals surface area contributed by atoms with E-state index < -0.39 is 5.97 Å². The number of likely N-dealkylation sites (N-methyl/N-ethyl adjacent to an activating group) is 1. The molecular weight excluding hydrogens is 456 g/mol. The Morgan fingerprint density at radius 3 is 2.56 bits per heavy atom. The minimum Gasteiger partial charge on any atom is -0.481 e. The number of carboxylic acids is 1. The topological polar surface area (TPSA) is 109 Å². The summed E-state index contributed by atoms with van der Waals surface area (Å²) in [6.07, 6.45) is 1.79. The largest absolute Gasteiger partial charge is 0.481 e. The van der Waals surface area contributed by atoms with Crippen LogP contribution in [0.5, 0.6) is 0 Å². The van der Waals surface area contributed by atoms with Gasteiger partial charge in [-0.15, -0.1) is 0 Å². The van der Waals surface area contributed by atoms with Crippen molar-refractivity contribution in [1.29, 1.82) is 0 Å². The third-order valence-electron chi connectivity index (χ3n) is 6.15. The molecule has 8 nitrogen and oxygen atoms in total. The highest BCUT2D eigenvalue weighted by Gasteiger charge is 2.16. The summed E-state index contributed by atoms with van der Waals surface area (Å²) in [4.78, 5) is 34.3. The highest BCUT2D eigenvalue weighted by molar-refractivity contribution is 5.94. The van der Waals surface area contributed by atoms with Crippen LogP contribution in [0.3, 0.4) is 0 Å². The van der Waals surface area contributed by atoms with Crippen LogP contribution >= 0.6 is 0 Å².